The number of aromatic nitrogens is 4. The van der Waals surface area contributed by atoms with Gasteiger partial charge in [0.15, 0.2) is 5.82 Å². The van der Waals surface area contributed by atoms with Crippen LogP contribution in [0.3, 0.4) is 0 Å². The number of thiophene rings is 1. The van der Waals surface area contributed by atoms with E-state index >= 15 is 0 Å². The lowest BCUT2D eigenvalue weighted by Crippen LogP contribution is -2.27. The van der Waals surface area contributed by atoms with Crippen molar-refractivity contribution in [2.45, 2.75) is 39.3 Å². The summed E-state index contributed by atoms with van der Waals surface area (Å²) in [6.45, 7) is 6.49. The van der Waals surface area contributed by atoms with E-state index in [1.54, 1.807) is 48.1 Å². The minimum Gasteiger partial charge on any atom is -0.393 e. The summed E-state index contributed by atoms with van der Waals surface area (Å²) in [7, 11) is 0. The van der Waals surface area contributed by atoms with Crippen LogP contribution in [0.4, 0.5) is 0 Å². The Bertz CT molecular complexity index is 1260. The molecule has 9 nitrogen and oxygen atoms in total. The van der Waals surface area contributed by atoms with Crippen molar-refractivity contribution in [1.29, 1.82) is 0 Å². The van der Waals surface area contributed by atoms with E-state index in [0.29, 0.717) is 33.9 Å². The number of carbonyl (C=O) groups excluding carboxylic acids is 1. The molecule has 0 aliphatic heterocycles. The van der Waals surface area contributed by atoms with Gasteiger partial charge in [-0.3, -0.25) is 4.79 Å². The molecular formula is C21H23N5O4S. The molecule has 2 atom stereocenters. The summed E-state index contributed by atoms with van der Waals surface area (Å²) in [4.78, 5) is 18.1. The summed E-state index contributed by atoms with van der Waals surface area (Å²) in [6, 6.07) is 6.62. The predicted octanol–water partition coefficient (Wildman–Crippen LogP) is 2.78. The zero-order valence-corrected chi connectivity index (χ0v) is 18.4. The van der Waals surface area contributed by atoms with E-state index in [1.807, 2.05) is 18.4 Å². The number of fused-ring (bicyclic) bond motifs is 1. The highest BCUT2D eigenvalue weighted by molar-refractivity contribution is 7.10. The van der Waals surface area contributed by atoms with Crippen molar-refractivity contribution >= 4 is 28.1 Å². The second-order valence-corrected chi connectivity index (χ2v) is 8.83. The maximum Gasteiger partial charge on any atom is 0.251 e. The van der Waals surface area contributed by atoms with Gasteiger partial charge in [-0.25, -0.2) is 4.68 Å². The average Bonchev–Trinajstić information content (AvgIpc) is 3.45. The van der Waals surface area contributed by atoms with Gasteiger partial charge in [-0.15, -0.1) is 11.3 Å². The van der Waals surface area contributed by atoms with Crippen LogP contribution in [0.5, 0.6) is 0 Å². The number of hydrogen-bond acceptors (Lipinski definition) is 8. The van der Waals surface area contributed by atoms with Crippen molar-refractivity contribution in [3.63, 3.8) is 0 Å². The Morgan fingerprint density at radius 2 is 2.13 bits per heavy atom. The van der Waals surface area contributed by atoms with Crippen LogP contribution in [-0.4, -0.2) is 42.6 Å². The SMILES string of the molecule is Cc1noc([C@@H](C)NC(=O)c2ccc3c(C(C)(O)CO)nn(-c4csc(C)c4)c3c2)n1. The lowest BCUT2D eigenvalue weighted by molar-refractivity contribution is -0.00495. The van der Waals surface area contributed by atoms with Crippen molar-refractivity contribution in [1.82, 2.24) is 25.2 Å². The van der Waals surface area contributed by atoms with Gasteiger partial charge in [0.25, 0.3) is 5.91 Å². The minimum absolute atomic E-state index is 0.310. The van der Waals surface area contributed by atoms with Gasteiger partial charge in [-0.1, -0.05) is 5.16 Å². The van der Waals surface area contributed by atoms with Crippen LogP contribution >= 0.6 is 11.3 Å². The molecule has 1 aromatic carbocycles. The lowest BCUT2D eigenvalue weighted by Gasteiger charge is -2.17. The van der Waals surface area contributed by atoms with E-state index in [1.165, 1.54) is 6.92 Å². The highest BCUT2D eigenvalue weighted by Crippen LogP contribution is 2.31. The van der Waals surface area contributed by atoms with Crippen molar-refractivity contribution in [2.75, 3.05) is 6.61 Å². The van der Waals surface area contributed by atoms with Gasteiger partial charge in [0.05, 0.1) is 17.8 Å². The van der Waals surface area contributed by atoms with Gasteiger partial charge < -0.3 is 20.1 Å². The maximum absolute atomic E-state index is 12.9. The molecule has 0 aliphatic carbocycles. The van der Waals surface area contributed by atoms with Crippen molar-refractivity contribution in [3.05, 3.63) is 57.5 Å². The van der Waals surface area contributed by atoms with E-state index in [9.17, 15) is 15.0 Å². The van der Waals surface area contributed by atoms with E-state index in [2.05, 4.69) is 20.6 Å². The molecule has 0 spiro atoms. The number of amides is 1. The number of rotatable bonds is 6. The van der Waals surface area contributed by atoms with Gasteiger partial charge in [0.1, 0.15) is 17.3 Å². The first-order chi connectivity index (χ1) is 14.7. The first-order valence-corrected chi connectivity index (χ1v) is 10.6. The summed E-state index contributed by atoms with van der Waals surface area (Å²) >= 11 is 1.57. The molecule has 31 heavy (non-hydrogen) atoms. The Labute approximate surface area is 182 Å². The first-order valence-electron chi connectivity index (χ1n) is 9.72. The molecule has 0 aliphatic rings. The zero-order chi connectivity index (χ0) is 22.3. The van der Waals surface area contributed by atoms with E-state index < -0.39 is 18.2 Å². The Balaban J connectivity index is 1.75. The number of nitrogens with one attached hydrogen (secondary N) is 1. The molecule has 3 N–H and O–H groups in total. The second-order valence-electron chi connectivity index (χ2n) is 7.71. The number of aryl methyl sites for hydroxylation is 2. The Morgan fingerprint density at radius 3 is 2.74 bits per heavy atom. The van der Waals surface area contributed by atoms with Crippen LogP contribution in [-0.2, 0) is 5.60 Å². The van der Waals surface area contributed by atoms with Crippen molar-refractivity contribution in [2.24, 2.45) is 0 Å². The summed E-state index contributed by atoms with van der Waals surface area (Å²) in [5.41, 5.74) is 0.701. The fourth-order valence-corrected chi connectivity index (χ4v) is 3.96. The number of nitrogens with zero attached hydrogens (tertiary/aromatic N) is 4. The molecule has 10 heteroatoms. The Hall–Kier alpha value is -3.08. The standard InChI is InChI=1S/C21H23N5O4S/c1-11-7-15(9-31-11)26-17-8-14(5-6-16(17)18(24-26)21(4,29)10-27)19(28)22-12(2)20-23-13(3)25-30-20/h5-9,12,27,29H,10H2,1-4H3,(H,22,28)/t12-,21?/m1/s1. The Morgan fingerprint density at radius 1 is 1.35 bits per heavy atom. The van der Waals surface area contributed by atoms with Crippen LogP contribution in [0.25, 0.3) is 16.6 Å². The van der Waals surface area contributed by atoms with Crippen molar-refractivity contribution < 1.29 is 19.5 Å². The highest BCUT2D eigenvalue weighted by atomic mass is 32.1. The molecule has 0 saturated heterocycles. The molecule has 1 unspecified atom stereocenters. The minimum atomic E-state index is -1.53. The molecule has 4 rings (SSSR count). The normalized spacial score (nSPS) is 14.5. The third kappa shape index (κ3) is 3.97. The van der Waals surface area contributed by atoms with Crippen molar-refractivity contribution in [3.8, 4) is 5.69 Å². The topological polar surface area (TPSA) is 126 Å². The Kier molecular flexibility index (Phi) is 5.38. The first kappa shape index (κ1) is 21.2. The fourth-order valence-electron chi connectivity index (χ4n) is 3.30. The summed E-state index contributed by atoms with van der Waals surface area (Å²) in [6.07, 6.45) is 0. The molecule has 4 aromatic rings. The summed E-state index contributed by atoms with van der Waals surface area (Å²) in [5, 5.41) is 34.1. The number of benzene rings is 1. The highest BCUT2D eigenvalue weighted by Gasteiger charge is 2.30. The molecule has 3 aromatic heterocycles. The smallest absolute Gasteiger partial charge is 0.251 e. The van der Waals surface area contributed by atoms with Crippen LogP contribution in [0.15, 0.2) is 34.2 Å². The fraction of sp³-hybridized carbons (Fsp3) is 0.333. The third-order valence-electron chi connectivity index (χ3n) is 4.98. The van der Waals surface area contributed by atoms with E-state index in [4.69, 9.17) is 4.52 Å². The van der Waals surface area contributed by atoms with Gasteiger partial charge in [0, 0.05) is 21.2 Å². The quantitative estimate of drug-likeness (QED) is 0.420. The van der Waals surface area contributed by atoms with Crippen LogP contribution < -0.4 is 5.32 Å². The number of carbonyl (C=O) groups is 1. The molecule has 0 bridgehead atoms. The predicted molar refractivity (Wildman–Crippen MR) is 115 cm³/mol. The molecule has 162 valence electrons. The van der Waals surface area contributed by atoms with Crippen LogP contribution in [0, 0.1) is 13.8 Å². The number of hydrogen-bond donors (Lipinski definition) is 3. The number of aliphatic hydroxyl groups is 2. The zero-order valence-electron chi connectivity index (χ0n) is 17.6. The molecule has 3 heterocycles. The largest absolute Gasteiger partial charge is 0.393 e. The molecule has 0 radical (unpaired) electrons. The molecule has 1 amide bonds. The molecular weight excluding hydrogens is 418 g/mol. The maximum atomic E-state index is 12.9. The van der Waals surface area contributed by atoms with Crippen LogP contribution in [0.1, 0.15) is 52.5 Å². The molecule has 0 fully saturated rings. The van der Waals surface area contributed by atoms with Gasteiger partial charge in [-0.05, 0) is 52.0 Å². The summed E-state index contributed by atoms with van der Waals surface area (Å²) < 4.78 is 6.81. The van der Waals surface area contributed by atoms with Gasteiger partial charge >= 0.3 is 0 Å². The van der Waals surface area contributed by atoms with Gasteiger partial charge in [-0.2, -0.15) is 10.1 Å². The number of aliphatic hydroxyl groups excluding tert-OH is 1. The monoisotopic (exact) mass is 441 g/mol. The van der Waals surface area contributed by atoms with E-state index in [-0.39, 0.29) is 5.91 Å². The summed E-state index contributed by atoms with van der Waals surface area (Å²) in [5.74, 6) is 0.512. The van der Waals surface area contributed by atoms with Gasteiger partial charge in [0.2, 0.25) is 5.89 Å². The average molecular weight is 442 g/mol. The third-order valence-corrected chi connectivity index (χ3v) is 5.83. The lowest BCUT2D eigenvalue weighted by atomic mass is 9.99. The van der Waals surface area contributed by atoms with E-state index in [0.717, 1.165) is 10.6 Å². The molecule has 0 saturated carbocycles. The second kappa shape index (κ2) is 7.88. The van der Waals surface area contributed by atoms with Crippen LogP contribution in [0.2, 0.25) is 0 Å².